The third kappa shape index (κ3) is 3.90. The predicted molar refractivity (Wildman–Crippen MR) is 55.9 cm³/mol. The maximum atomic E-state index is 12.3. The molecule has 1 aromatic heterocycles. The number of hydrogen-bond donors (Lipinski definition) is 2. The Kier molecular flexibility index (Phi) is 4.30. The summed E-state index contributed by atoms with van der Waals surface area (Å²) in [5, 5.41) is 2.74. The lowest BCUT2D eigenvalue weighted by Gasteiger charge is -2.08. The van der Waals surface area contributed by atoms with E-state index in [1.807, 2.05) is 0 Å². The zero-order chi connectivity index (χ0) is 12.0. The van der Waals surface area contributed by atoms with Crippen LogP contribution >= 0.6 is 0 Å². The molecule has 6 heteroatoms. The van der Waals surface area contributed by atoms with Gasteiger partial charge in [-0.1, -0.05) is 18.2 Å². The maximum absolute atomic E-state index is 12.3. The summed E-state index contributed by atoms with van der Waals surface area (Å²) in [6.45, 7) is 0.795. The van der Waals surface area contributed by atoms with Gasteiger partial charge in [0.25, 0.3) is 0 Å². The van der Waals surface area contributed by atoms with Crippen molar-refractivity contribution in [1.82, 2.24) is 4.98 Å². The Bertz CT molecular complexity index is 361. The van der Waals surface area contributed by atoms with Gasteiger partial charge in [-0.25, -0.2) is 4.98 Å². The fourth-order valence-electron chi connectivity index (χ4n) is 1.03. The van der Waals surface area contributed by atoms with Crippen molar-refractivity contribution in [3.8, 4) is 0 Å². The number of anilines is 1. The number of nitrogens with two attached hydrogens (primary N) is 1. The van der Waals surface area contributed by atoms with E-state index in [0.717, 1.165) is 6.07 Å². The largest absolute Gasteiger partial charge is 0.433 e. The van der Waals surface area contributed by atoms with Gasteiger partial charge >= 0.3 is 6.18 Å². The second-order valence-corrected chi connectivity index (χ2v) is 2.99. The van der Waals surface area contributed by atoms with Gasteiger partial charge in [0.2, 0.25) is 0 Å². The van der Waals surface area contributed by atoms with E-state index in [1.165, 1.54) is 12.1 Å². The van der Waals surface area contributed by atoms with E-state index in [4.69, 9.17) is 5.73 Å². The Balaban J connectivity index is 2.65. The van der Waals surface area contributed by atoms with Crippen molar-refractivity contribution < 1.29 is 13.2 Å². The molecule has 0 saturated carbocycles. The third-order valence-electron chi connectivity index (χ3n) is 1.74. The van der Waals surface area contributed by atoms with Crippen LogP contribution in [-0.4, -0.2) is 18.1 Å². The summed E-state index contributed by atoms with van der Waals surface area (Å²) in [6.07, 6.45) is -0.979. The van der Waals surface area contributed by atoms with Crippen LogP contribution in [0.25, 0.3) is 0 Å². The summed E-state index contributed by atoms with van der Waals surface area (Å²) in [6, 6.07) is 3.72. The first-order valence-corrected chi connectivity index (χ1v) is 4.67. The van der Waals surface area contributed by atoms with E-state index in [0.29, 0.717) is 13.1 Å². The van der Waals surface area contributed by atoms with E-state index in [9.17, 15) is 13.2 Å². The van der Waals surface area contributed by atoms with Gasteiger partial charge in [-0.2, -0.15) is 13.2 Å². The SMILES string of the molecule is NC/C=C/CNc1cccc(C(F)(F)F)n1. The van der Waals surface area contributed by atoms with E-state index in [2.05, 4.69) is 10.3 Å². The van der Waals surface area contributed by atoms with E-state index < -0.39 is 11.9 Å². The standard InChI is InChI=1S/C10H12F3N3/c11-10(12,13)8-4-3-5-9(16-8)15-7-2-1-6-14/h1-5H,6-7,14H2,(H,15,16)/b2-1+. The van der Waals surface area contributed by atoms with Crippen LogP contribution in [0.1, 0.15) is 5.69 Å². The molecule has 16 heavy (non-hydrogen) atoms. The molecule has 0 unspecified atom stereocenters. The highest BCUT2D eigenvalue weighted by Gasteiger charge is 2.32. The van der Waals surface area contributed by atoms with Crippen molar-refractivity contribution in [2.45, 2.75) is 6.18 Å². The lowest BCUT2D eigenvalue weighted by atomic mass is 10.3. The van der Waals surface area contributed by atoms with Crippen molar-refractivity contribution in [2.24, 2.45) is 5.73 Å². The summed E-state index contributed by atoms with van der Waals surface area (Å²) < 4.78 is 36.9. The van der Waals surface area contributed by atoms with Crippen molar-refractivity contribution >= 4 is 5.82 Å². The quantitative estimate of drug-likeness (QED) is 0.779. The first-order valence-electron chi connectivity index (χ1n) is 4.67. The Morgan fingerprint density at radius 3 is 2.69 bits per heavy atom. The summed E-state index contributed by atoms with van der Waals surface area (Å²) in [5.74, 6) is 0.191. The van der Waals surface area contributed by atoms with Crippen molar-refractivity contribution in [1.29, 1.82) is 0 Å². The average Bonchev–Trinajstić information content (AvgIpc) is 2.24. The molecule has 1 rings (SSSR count). The molecule has 0 aliphatic rings. The van der Waals surface area contributed by atoms with E-state index in [1.54, 1.807) is 12.2 Å². The minimum atomic E-state index is -4.41. The van der Waals surface area contributed by atoms with Gasteiger partial charge in [0, 0.05) is 13.1 Å². The van der Waals surface area contributed by atoms with E-state index >= 15 is 0 Å². The summed E-state index contributed by atoms with van der Waals surface area (Å²) in [4.78, 5) is 3.44. The molecule has 3 N–H and O–H groups in total. The normalized spacial score (nSPS) is 12.0. The topological polar surface area (TPSA) is 50.9 Å². The molecule has 0 fully saturated rings. The number of alkyl halides is 3. The second kappa shape index (κ2) is 5.50. The molecule has 0 aliphatic carbocycles. The van der Waals surface area contributed by atoms with Gasteiger partial charge in [-0.15, -0.1) is 0 Å². The Hall–Kier alpha value is -1.56. The molecule has 88 valence electrons. The van der Waals surface area contributed by atoms with Crippen LogP contribution in [-0.2, 0) is 6.18 Å². The van der Waals surface area contributed by atoms with Crippen LogP contribution in [0.3, 0.4) is 0 Å². The number of pyridine rings is 1. The van der Waals surface area contributed by atoms with Gasteiger partial charge in [0.1, 0.15) is 11.5 Å². The first kappa shape index (κ1) is 12.5. The number of nitrogens with one attached hydrogen (secondary N) is 1. The fourth-order valence-corrected chi connectivity index (χ4v) is 1.03. The highest BCUT2D eigenvalue weighted by atomic mass is 19.4. The molecule has 0 atom stereocenters. The smallest absolute Gasteiger partial charge is 0.367 e. The van der Waals surface area contributed by atoms with Crippen molar-refractivity contribution in [3.63, 3.8) is 0 Å². The van der Waals surface area contributed by atoms with Crippen LogP contribution in [0.5, 0.6) is 0 Å². The minimum absolute atomic E-state index is 0.191. The Morgan fingerprint density at radius 1 is 1.31 bits per heavy atom. The zero-order valence-electron chi connectivity index (χ0n) is 8.46. The molecule has 1 aromatic rings. The zero-order valence-corrected chi connectivity index (χ0v) is 8.46. The Labute approximate surface area is 91.2 Å². The summed E-state index contributed by atoms with van der Waals surface area (Å²) in [5.41, 5.74) is 4.31. The molecule has 0 bridgehead atoms. The second-order valence-electron chi connectivity index (χ2n) is 2.99. The van der Waals surface area contributed by atoms with Gasteiger partial charge in [-0.05, 0) is 12.1 Å². The fraction of sp³-hybridized carbons (Fsp3) is 0.300. The van der Waals surface area contributed by atoms with Gasteiger partial charge < -0.3 is 11.1 Å². The molecule has 0 amide bonds. The van der Waals surface area contributed by atoms with Crippen LogP contribution < -0.4 is 11.1 Å². The predicted octanol–water partition coefficient (Wildman–Crippen LogP) is 2.03. The first-order chi connectivity index (χ1) is 7.54. The summed E-state index contributed by atoms with van der Waals surface area (Å²) >= 11 is 0. The number of nitrogens with zero attached hydrogens (tertiary/aromatic N) is 1. The van der Waals surface area contributed by atoms with Crippen molar-refractivity contribution in [3.05, 3.63) is 36.0 Å². The maximum Gasteiger partial charge on any atom is 0.433 e. The number of halogens is 3. The third-order valence-corrected chi connectivity index (χ3v) is 1.74. The lowest BCUT2D eigenvalue weighted by molar-refractivity contribution is -0.141. The van der Waals surface area contributed by atoms with Gasteiger partial charge in [0.15, 0.2) is 0 Å². The summed E-state index contributed by atoms with van der Waals surface area (Å²) in [7, 11) is 0. The molecular weight excluding hydrogens is 219 g/mol. The number of rotatable bonds is 4. The molecule has 0 radical (unpaired) electrons. The molecule has 1 heterocycles. The average molecular weight is 231 g/mol. The molecule has 0 aromatic carbocycles. The van der Waals surface area contributed by atoms with E-state index in [-0.39, 0.29) is 5.82 Å². The minimum Gasteiger partial charge on any atom is -0.367 e. The number of hydrogen-bond acceptors (Lipinski definition) is 3. The van der Waals surface area contributed by atoms with Crippen molar-refractivity contribution in [2.75, 3.05) is 18.4 Å². The molecule has 0 spiro atoms. The highest BCUT2D eigenvalue weighted by Crippen LogP contribution is 2.27. The van der Waals surface area contributed by atoms with Crippen LogP contribution in [0, 0.1) is 0 Å². The van der Waals surface area contributed by atoms with Crippen LogP contribution in [0.2, 0.25) is 0 Å². The molecule has 3 nitrogen and oxygen atoms in total. The lowest BCUT2D eigenvalue weighted by Crippen LogP contribution is -2.10. The highest BCUT2D eigenvalue weighted by molar-refractivity contribution is 5.36. The van der Waals surface area contributed by atoms with Crippen LogP contribution in [0.4, 0.5) is 19.0 Å². The van der Waals surface area contributed by atoms with Gasteiger partial charge in [0.05, 0.1) is 0 Å². The molecule has 0 aliphatic heterocycles. The Morgan fingerprint density at radius 2 is 2.06 bits per heavy atom. The molecular formula is C10H12F3N3. The molecule has 0 saturated heterocycles. The monoisotopic (exact) mass is 231 g/mol. The van der Waals surface area contributed by atoms with Gasteiger partial charge in [-0.3, -0.25) is 0 Å². The van der Waals surface area contributed by atoms with Crippen LogP contribution in [0.15, 0.2) is 30.4 Å². The number of aromatic nitrogens is 1.